The van der Waals surface area contributed by atoms with E-state index in [1.165, 1.54) is 24.6 Å². The molecule has 0 aliphatic heterocycles. The number of rotatable bonds is 1. The van der Waals surface area contributed by atoms with Crippen LogP contribution < -0.4 is 5.73 Å². The first kappa shape index (κ1) is 10.4. The molecule has 2 heterocycles. The van der Waals surface area contributed by atoms with Crippen LogP contribution in [0.25, 0.3) is 10.2 Å². The van der Waals surface area contributed by atoms with Crippen molar-refractivity contribution in [2.75, 3.05) is 12.8 Å². The van der Waals surface area contributed by atoms with E-state index in [2.05, 4.69) is 25.7 Å². The Kier molecular flexibility index (Phi) is 2.62. The first-order valence-electron chi connectivity index (χ1n) is 4.04. The molecule has 0 radical (unpaired) electrons. The number of halogens is 1. The van der Waals surface area contributed by atoms with Crippen molar-refractivity contribution < 1.29 is 9.53 Å². The van der Waals surface area contributed by atoms with E-state index in [0.29, 0.717) is 11.3 Å². The molecule has 2 aromatic rings. The van der Waals surface area contributed by atoms with Crippen molar-refractivity contribution in [3.05, 3.63) is 21.6 Å². The summed E-state index contributed by atoms with van der Waals surface area (Å²) in [7, 11) is 1.33. The Bertz CT molecular complexity index is 538. The molecule has 0 bridgehead atoms. The molecule has 0 spiro atoms. The minimum Gasteiger partial charge on any atom is -0.465 e. The van der Waals surface area contributed by atoms with Gasteiger partial charge >= 0.3 is 5.97 Å². The van der Waals surface area contributed by atoms with Crippen LogP contribution in [0.5, 0.6) is 0 Å². The molecule has 2 N–H and O–H groups in total. The molecule has 0 saturated heterocycles. The number of carbonyl (C=O) groups is 1. The molecule has 0 saturated carbocycles. The molecule has 78 valence electrons. The van der Waals surface area contributed by atoms with Gasteiger partial charge in [-0.2, -0.15) is 0 Å². The summed E-state index contributed by atoms with van der Waals surface area (Å²) in [4.78, 5) is 15.7. The summed E-state index contributed by atoms with van der Waals surface area (Å²) in [6, 6.07) is 0. The third-order valence-electron chi connectivity index (χ3n) is 1.96. The monoisotopic (exact) mass is 286 g/mol. The van der Waals surface area contributed by atoms with Gasteiger partial charge in [0, 0.05) is 5.38 Å². The Morgan fingerprint density at radius 2 is 2.40 bits per heavy atom. The number of thiophene rings is 1. The summed E-state index contributed by atoms with van der Waals surface area (Å²) < 4.78 is 6.28. The molecule has 0 atom stereocenters. The number of nitrogens with zero attached hydrogens (tertiary/aromatic N) is 1. The summed E-state index contributed by atoms with van der Waals surface area (Å²) >= 11 is 4.76. The minimum absolute atomic E-state index is 0.337. The highest BCUT2D eigenvalue weighted by molar-refractivity contribution is 9.10. The molecule has 2 aromatic heterocycles. The largest absolute Gasteiger partial charge is 0.465 e. The minimum atomic E-state index is -0.436. The Morgan fingerprint density at radius 1 is 1.67 bits per heavy atom. The van der Waals surface area contributed by atoms with Crippen LogP contribution in [0.2, 0.25) is 0 Å². The molecule has 2 rings (SSSR count). The van der Waals surface area contributed by atoms with Crippen molar-refractivity contribution in [2.45, 2.75) is 0 Å². The van der Waals surface area contributed by atoms with E-state index in [1.807, 2.05) is 5.38 Å². The average molecular weight is 287 g/mol. The van der Waals surface area contributed by atoms with Crippen LogP contribution in [0.15, 0.2) is 16.0 Å². The normalized spacial score (nSPS) is 10.5. The molecule has 0 aliphatic rings. The molecule has 0 aliphatic carbocycles. The van der Waals surface area contributed by atoms with Gasteiger partial charge in [0.1, 0.15) is 5.56 Å². The van der Waals surface area contributed by atoms with Gasteiger partial charge in [0.25, 0.3) is 0 Å². The lowest BCUT2D eigenvalue weighted by atomic mass is 10.2. The highest BCUT2D eigenvalue weighted by Gasteiger charge is 2.17. The second-order valence-electron chi connectivity index (χ2n) is 2.84. The number of methoxy groups -OCH3 is 1. The van der Waals surface area contributed by atoms with E-state index in [9.17, 15) is 4.79 Å². The van der Waals surface area contributed by atoms with Gasteiger partial charge in [0.2, 0.25) is 0 Å². The maximum Gasteiger partial charge on any atom is 0.341 e. The van der Waals surface area contributed by atoms with Crippen molar-refractivity contribution in [2.24, 2.45) is 0 Å². The van der Waals surface area contributed by atoms with Crippen LogP contribution in [0.3, 0.4) is 0 Å². The van der Waals surface area contributed by atoms with Crippen molar-refractivity contribution in [3.8, 4) is 0 Å². The topological polar surface area (TPSA) is 65.2 Å². The summed E-state index contributed by atoms with van der Waals surface area (Å²) in [6.45, 7) is 0. The zero-order valence-corrected chi connectivity index (χ0v) is 10.2. The fourth-order valence-corrected chi connectivity index (χ4v) is 2.91. The van der Waals surface area contributed by atoms with Gasteiger partial charge in [0.05, 0.1) is 33.7 Å². The van der Waals surface area contributed by atoms with Crippen LogP contribution in [0.1, 0.15) is 10.4 Å². The molecule has 0 fully saturated rings. The molecule has 15 heavy (non-hydrogen) atoms. The second kappa shape index (κ2) is 3.79. The van der Waals surface area contributed by atoms with Gasteiger partial charge in [-0.3, -0.25) is 4.98 Å². The molecular weight excluding hydrogens is 280 g/mol. The number of nitrogen functional groups attached to an aromatic ring is 1. The van der Waals surface area contributed by atoms with Crippen molar-refractivity contribution in [3.63, 3.8) is 0 Å². The average Bonchev–Trinajstić information content (AvgIpc) is 2.59. The van der Waals surface area contributed by atoms with Crippen LogP contribution >= 0.6 is 27.3 Å². The molecule has 0 aromatic carbocycles. The number of carbonyl (C=O) groups excluding carboxylic acids is 1. The van der Waals surface area contributed by atoms with E-state index in [0.717, 1.165) is 14.7 Å². The summed E-state index contributed by atoms with van der Waals surface area (Å²) in [5.41, 5.74) is 7.16. The highest BCUT2D eigenvalue weighted by atomic mass is 79.9. The van der Waals surface area contributed by atoms with Gasteiger partial charge in [0.15, 0.2) is 0 Å². The smallest absolute Gasteiger partial charge is 0.341 e. The maximum atomic E-state index is 11.5. The zero-order chi connectivity index (χ0) is 11.0. The van der Waals surface area contributed by atoms with Gasteiger partial charge < -0.3 is 10.5 Å². The van der Waals surface area contributed by atoms with E-state index < -0.39 is 5.97 Å². The summed E-state index contributed by atoms with van der Waals surface area (Å²) in [6.07, 6.45) is 1.46. The van der Waals surface area contributed by atoms with Crippen LogP contribution in [0.4, 0.5) is 5.69 Å². The molecule has 4 nitrogen and oxygen atoms in total. The summed E-state index contributed by atoms with van der Waals surface area (Å²) in [5.74, 6) is -0.436. The highest BCUT2D eigenvalue weighted by Crippen LogP contribution is 2.33. The van der Waals surface area contributed by atoms with E-state index in [4.69, 9.17) is 5.73 Å². The van der Waals surface area contributed by atoms with Crippen molar-refractivity contribution in [1.29, 1.82) is 0 Å². The first-order chi connectivity index (χ1) is 7.15. The van der Waals surface area contributed by atoms with E-state index >= 15 is 0 Å². The number of hydrogen-bond acceptors (Lipinski definition) is 5. The number of aromatic nitrogens is 1. The fourth-order valence-electron chi connectivity index (χ4n) is 1.27. The Morgan fingerprint density at radius 3 is 3.07 bits per heavy atom. The zero-order valence-electron chi connectivity index (χ0n) is 7.78. The van der Waals surface area contributed by atoms with Gasteiger partial charge in [-0.05, 0) is 15.9 Å². The SMILES string of the molecule is COC(=O)c1c(N)cnc2c(Br)csc12. The predicted molar refractivity (Wildman–Crippen MR) is 63.1 cm³/mol. The number of anilines is 1. The third-order valence-corrected chi connectivity index (χ3v) is 3.85. The number of nitrogens with two attached hydrogens (primary N) is 1. The quantitative estimate of drug-likeness (QED) is 0.818. The van der Waals surface area contributed by atoms with Crippen LogP contribution in [-0.4, -0.2) is 18.1 Å². The number of fused-ring (bicyclic) bond motifs is 1. The van der Waals surface area contributed by atoms with Gasteiger partial charge in [-0.25, -0.2) is 4.79 Å². The Hall–Kier alpha value is -1.14. The summed E-state index contributed by atoms with van der Waals surface area (Å²) in [5, 5.41) is 1.86. The second-order valence-corrected chi connectivity index (χ2v) is 4.58. The fraction of sp³-hybridized carbons (Fsp3) is 0.111. The lowest BCUT2D eigenvalue weighted by Crippen LogP contribution is -2.06. The first-order valence-corrected chi connectivity index (χ1v) is 5.72. The Balaban J connectivity index is 2.80. The standard InChI is InChI=1S/C9H7BrN2O2S/c1-14-9(13)6-5(11)2-12-7-4(10)3-15-8(6)7/h2-3H,11H2,1H3. The molecular formula is C9H7BrN2O2S. The number of ether oxygens (including phenoxy) is 1. The third kappa shape index (κ3) is 1.59. The lowest BCUT2D eigenvalue weighted by molar-refractivity contribution is 0.0604. The van der Waals surface area contributed by atoms with Gasteiger partial charge in [-0.15, -0.1) is 11.3 Å². The van der Waals surface area contributed by atoms with Crippen molar-refractivity contribution in [1.82, 2.24) is 4.98 Å². The number of esters is 1. The molecule has 0 unspecified atom stereocenters. The van der Waals surface area contributed by atoms with E-state index in [-0.39, 0.29) is 0 Å². The van der Waals surface area contributed by atoms with Crippen molar-refractivity contribution >= 4 is 49.1 Å². The number of hydrogen-bond donors (Lipinski definition) is 1. The van der Waals surface area contributed by atoms with Gasteiger partial charge in [-0.1, -0.05) is 0 Å². The molecule has 0 amide bonds. The van der Waals surface area contributed by atoms with Crippen LogP contribution in [0, 0.1) is 0 Å². The number of pyridine rings is 1. The Labute approximate surface area is 98.2 Å². The molecule has 6 heteroatoms. The predicted octanol–water partition coefficient (Wildman–Crippen LogP) is 2.43. The lowest BCUT2D eigenvalue weighted by Gasteiger charge is -2.03. The maximum absolute atomic E-state index is 11.5. The van der Waals surface area contributed by atoms with E-state index in [1.54, 1.807) is 0 Å². The van der Waals surface area contributed by atoms with Crippen LogP contribution in [-0.2, 0) is 4.74 Å².